The van der Waals surface area contributed by atoms with Crippen LogP contribution in [-0.2, 0) is 6.42 Å². The molecule has 0 radical (unpaired) electrons. The summed E-state index contributed by atoms with van der Waals surface area (Å²) >= 11 is 1.69. The average Bonchev–Trinajstić information content (AvgIpc) is 2.99. The van der Waals surface area contributed by atoms with E-state index in [9.17, 15) is 0 Å². The molecule has 0 bridgehead atoms. The smallest absolute Gasteiger partial charge is 0.127 e. The Hall–Kier alpha value is -1.59. The minimum atomic E-state index is 0.218. The highest BCUT2D eigenvalue weighted by molar-refractivity contribution is 7.09. The second-order valence-electron chi connectivity index (χ2n) is 4.46. The van der Waals surface area contributed by atoms with Gasteiger partial charge in [-0.1, -0.05) is 6.07 Å². The van der Waals surface area contributed by atoms with Gasteiger partial charge in [-0.25, -0.2) is 4.98 Å². The molecule has 0 amide bonds. The third-order valence-electron chi connectivity index (χ3n) is 3.18. The molecule has 0 aliphatic rings. The topological polar surface area (TPSA) is 43.4 Å². The first-order valence-electron chi connectivity index (χ1n) is 6.58. The Morgan fingerprint density at radius 3 is 2.80 bits per heavy atom. The zero-order valence-corrected chi connectivity index (χ0v) is 12.9. The Morgan fingerprint density at radius 1 is 1.30 bits per heavy atom. The van der Waals surface area contributed by atoms with Crippen LogP contribution in [0.2, 0.25) is 0 Å². The van der Waals surface area contributed by atoms with Crippen molar-refractivity contribution in [2.24, 2.45) is 0 Å². The van der Waals surface area contributed by atoms with Gasteiger partial charge in [-0.3, -0.25) is 0 Å². The van der Waals surface area contributed by atoms with Crippen LogP contribution in [0.25, 0.3) is 0 Å². The number of aromatic nitrogens is 1. The minimum Gasteiger partial charge on any atom is -0.497 e. The molecule has 20 heavy (non-hydrogen) atoms. The van der Waals surface area contributed by atoms with Crippen molar-refractivity contribution in [1.82, 2.24) is 10.3 Å². The quantitative estimate of drug-likeness (QED) is 0.852. The fourth-order valence-electron chi connectivity index (χ4n) is 2.06. The van der Waals surface area contributed by atoms with E-state index in [4.69, 9.17) is 9.47 Å². The van der Waals surface area contributed by atoms with Gasteiger partial charge in [0.15, 0.2) is 0 Å². The fraction of sp³-hybridized carbons (Fsp3) is 0.400. The number of benzene rings is 1. The molecule has 4 nitrogen and oxygen atoms in total. The molecule has 1 unspecified atom stereocenters. The molecule has 0 aliphatic carbocycles. The summed E-state index contributed by atoms with van der Waals surface area (Å²) < 4.78 is 10.6. The van der Waals surface area contributed by atoms with E-state index in [1.807, 2.05) is 29.8 Å². The van der Waals surface area contributed by atoms with Gasteiger partial charge in [0, 0.05) is 42.2 Å². The van der Waals surface area contributed by atoms with Gasteiger partial charge in [0.2, 0.25) is 0 Å². The van der Waals surface area contributed by atoms with Crippen molar-refractivity contribution in [3.8, 4) is 11.5 Å². The Morgan fingerprint density at radius 2 is 2.15 bits per heavy atom. The van der Waals surface area contributed by atoms with Crippen molar-refractivity contribution in [3.05, 3.63) is 40.3 Å². The molecule has 2 rings (SSSR count). The third-order valence-corrected chi connectivity index (χ3v) is 4.02. The lowest BCUT2D eigenvalue weighted by molar-refractivity contribution is 0.386. The summed E-state index contributed by atoms with van der Waals surface area (Å²) in [5.41, 5.74) is 1.13. The third kappa shape index (κ3) is 3.71. The first-order valence-corrected chi connectivity index (χ1v) is 7.46. The van der Waals surface area contributed by atoms with Crippen LogP contribution in [0.1, 0.15) is 23.5 Å². The molecule has 2 aromatic rings. The summed E-state index contributed by atoms with van der Waals surface area (Å²) in [5, 5.41) is 6.66. The van der Waals surface area contributed by atoms with Crippen LogP contribution in [0.4, 0.5) is 0 Å². The second-order valence-corrected chi connectivity index (χ2v) is 5.44. The molecule has 108 valence electrons. The number of ether oxygens (including phenoxy) is 2. The van der Waals surface area contributed by atoms with Crippen molar-refractivity contribution in [1.29, 1.82) is 0 Å². The van der Waals surface area contributed by atoms with Crippen molar-refractivity contribution in [2.45, 2.75) is 19.4 Å². The van der Waals surface area contributed by atoms with Crippen molar-refractivity contribution >= 4 is 11.3 Å². The second kappa shape index (κ2) is 7.26. The van der Waals surface area contributed by atoms with Crippen LogP contribution < -0.4 is 14.8 Å². The van der Waals surface area contributed by atoms with E-state index in [1.165, 1.54) is 0 Å². The van der Waals surface area contributed by atoms with E-state index in [0.717, 1.165) is 35.0 Å². The molecular weight excluding hydrogens is 272 g/mol. The Bertz CT molecular complexity index is 529. The summed E-state index contributed by atoms with van der Waals surface area (Å²) in [6.45, 7) is 3.02. The van der Waals surface area contributed by atoms with Crippen LogP contribution in [0, 0.1) is 0 Å². The summed E-state index contributed by atoms with van der Waals surface area (Å²) in [6, 6.07) is 6.13. The van der Waals surface area contributed by atoms with Crippen molar-refractivity contribution < 1.29 is 9.47 Å². The SMILES string of the molecule is COc1ccc(C(C)NCCc2nccs2)c(OC)c1. The van der Waals surface area contributed by atoms with E-state index in [-0.39, 0.29) is 6.04 Å². The molecule has 1 atom stereocenters. The Balaban J connectivity index is 1.95. The summed E-state index contributed by atoms with van der Waals surface area (Å²) in [7, 11) is 3.34. The van der Waals surface area contributed by atoms with E-state index in [1.54, 1.807) is 25.6 Å². The van der Waals surface area contributed by atoms with E-state index >= 15 is 0 Å². The number of thiazole rings is 1. The lowest BCUT2D eigenvalue weighted by Gasteiger charge is -2.17. The predicted molar refractivity (Wildman–Crippen MR) is 81.8 cm³/mol. The van der Waals surface area contributed by atoms with Crippen LogP contribution >= 0.6 is 11.3 Å². The van der Waals surface area contributed by atoms with Crippen molar-refractivity contribution in [2.75, 3.05) is 20.8 Å². The predicted octanol–water partition coefficient (Wildman–Crippen LogP) is 3.05. The molecule has 5 heteroatoms. The lowest BCUT2D eigenvalue weighted by Crippen LogP contribution is -2.21. The largest absolute Gasteiger partial charge is 0.497 e. The maximum Gasteiger partial charge on any atom is 0.127 e. The summed E-state index contributed by atoms with van der Waals surface area (Å²) in [5.74, 6) is 1.65. The number of rotatable bonds is 7. The van der Waals surface area contributed by atoms with Crippen molar-refractivity contribution in [3.63, 3.8) is 0 Å². The molecule has 0 aliphatic heterocycles. The molecule has 1 N–H and O–H groups in total. The van der Waals surface area contributed by atoms with Crippen LogP contribution in [0.5, 0.6) is 11.5 Å². The normalized spacial score (nSPS) is 12.2. The van der Waals surface area contributed by atoms with Gasteiger partial charge >= 0.3 is 0 Å². The zero-order chi connectivity index (χ0) is 14.4. The molecule has 0 saturated heterocycles. The molecular formula is C15H20N2O2S. The molecule has 1 heterocycles. The maximum atomic E-state index is 5.43. The number of methoxy groups -OCH3 is 2. The van der Waals surface area contributed by atoms with Gasteiger partial charge < -0.3 is 14.8 Å². The summed E-state index contributed by atoms with van der Waals surface area (Å²) in [4.78, 5) is 4.28. The molecule has 1 aromatic heterocycles. The van der Waals surface area contributed by atoms with Gasteiger partial charge in [-0.05, 0) is 13.0 Å². The first-order chi connectivity index (χ1) is 9.74. The maximum absolute atomic E-state index is 5.43. The summed E-state index contributed by atoms with van der Waals surface area (Å²) in [6.07, 6.45) is 2.79. The number of hydrogen-bond acceptors (Lipinski definition) is 5. The molecule has 1 aromatic carbocycles. The van der Waals surface area contributed by atoms with E-state index in [2.05, 4.69) is 17.2 Å². The van der Waals surface area contributed by atoms with Crippen LogP contribution in [0.3, 0.4) is 0 Å². The highest BCUT2D eigenvalue weighted by atomic mass is 32.1. The lowest BCUT2D eigenvalue weighted by atomic mass is 10.1. The highest BCUT2D eigenvalue weighted by Crippen LogP contribution is 2.29. The fourth-order valence-corrected chi connectivity index (χ4v) is 2.68. The first kappa shape index (κ1) is 14.8. The Kier molecular flexibility index (Phi) is 5.38. The standard InChI is InChI=1S/C15H20N2O2S/c1-11(16-7-6-15-17-8-9-20-15)13-5-4-12(18-2)10-14(13)19-3/h4-5,8-11,16H,6-7H2,1-3H3. The van der Waals surface area contributed by atoms with Gasteiger partial charge in [0.25, 0.3) is 0 Å². The van der Waals surface area contributed by atoms with E-state index in [0.29, 0.717) is 0 Å². The molecule has 0 saturated carbocycles. The number of nitrogens with one attached hydrogen (secondary N) is 1. The zero-order valence-electron chi connectivity index (χ0n) is 12.1. The number of hydrogen-bond donors (Lipinski definition) is 1. The minimum absolute atomic E-state index is 0.218. The van der Waals surface area contributed by atoms with Gasteiger partial charge in [0.05, 0.1) is 19.2 Å². The highest BCUT2D eigenvalue weighted by Gasteiger charge is 2.12. The van der Waals surface area contributed by atoms with Gasteiger partial charge in [-0.2, -0.15) is 0 Å². The number of nitrogens with zero attached hydrogens (tertiary/aromatic N) is 1. The van der Waals surface area contributed by atoms with E-state index < -0.39 is 0 Å². The molecule has 0 spiro atoms. The molecule has 0 fully saturated rings. The average molecular weight is 292 g/mol. The van der Waals surface area contributed by atoms with Gasteiger partial charge in [-0.15, -0.1) is 11.3 Å². The Labute approximate surface area is 123 Å². The van der Waals surface area contributed by atoms with Gasteiger partial charge in [0.1, 0.15) is 11.5 Å². The van der Waals surface area contributed by atoms with Crippen LogP contribution in [-0.4, -0.2) is 25.7 Å². The van der Waals surface area contributed by atoms with Crippen LogP contribution in [0.15, 0.2) is 29.8 Å². The monoisotopic (exact) mass is 292 g/mol.